The lowest BCUT2D eigenvalue weighted by Gasteiger charge is -2.29. The number of carbonyl (C=O) groups is 3. The van der Waals surface area contributed by atoms with Crippen LogP contribution in [0.3, 0.4) is 0 Å². The molecule has 3 amide bonds. The van der Waals surface area contributed by atoms with Gasteiger partial charge in [-0.3, -0.25) is 14.4 Å². The molecule has 2 atom stereocenters. The van der Waals surface area contributed by atoms with Gasteiger partial charge in [-0.2, -0.15) is 5.26 Å². The van der Waals surface area contributed by atoms with Crippen molar-refractivity contribution >= 4 is 38.6 Å². The number of nitrogens with one attached hydrogen (secondary N) is 3. The summed E-state index contributed by atoms with van der Waals surface area (Å²) in [6, 6.07) is 26.6. The van der Waals surface area contributed by atoms with Crippen molar-refractivity contribution in [1.82, 2.24) is 19.9 Å². The Hall–Kier alpha value is -5.73. The highest BCUT2D eigenvalue weighted by molar-refractivity contribution is 7.90. The molecule has 0 unspecified atom stereocenters. The molecular formula is C37H35N5O5S. The highest BCUT2D eigenvalue weighted by atomic mass is 32.2. The number of aromatic amines is 1. The van der Waals surface area contributed by atoms with Gasteiger partial charge in [-0.25, -0.2) is 13.1 Å². The zero-order valence-electron chi connectivity index (χ0n) is 26.7. The summed E-state index contributed by atoms with van der Waals surface area (Å²) >= 11 is 0. The number of rotatable bonds is 11. The number of sulfonamides is 1. The number of amides is 3. The smallest absolute Gasteiger partial charge is 0.264 e. The minimum absolute atomic E-state index is 0.0375. The van der Waals surface area contributed by atoms with Crippen LogP contribution in [0.5, 0.6) is 0 Å². The number of fused-ring (bicyclic) bond motifs is 1. The Labute approximate surface area is 279 Å². The predicted molar refractivity (Wildman–Crippen MR) is 182 cm³/mol. The Kier molecular flexibility index (Phi) is 10.1. The minimum atomic E-state index is -4.26. The molecule has 3 N–H and O–H groups in total. The van der Waals surface area contributed by atoms with Gasteiger partial charge in [0.15, 0.2) is 0 Å². The fraction of sp³-hybridized carbons (Fsp3) is 0.189. The van der Waals surface area contributed by atoms with Crippen molar-refractivity contribution in [3.8, 4) is 6.07 Å². The molecule has 5 aromatic rings. The molecule has 1 aromatic heterocycles. The minimum Gasteiger partial charge on any atom is -0.361 e. The van der Waals surface area contributed by atoms with E-state index in [2.05, 4.69) is 21.1 Å². The molecule has 0 bridgehead atoms. The van der Waals surface area contributed by atoms with Crippen LogP contribution in [0.2, 0.25) is 0 Å². The largest absolute Gasteiger partial charge is 0.361 e. The monoisotopic (exact) mass is 661 g/mol. The van der Waals surface area contributed by atoms with E-state index >= 15 is 0 Å². The summed E-state index contributed by atoms with van der Waals surface area (Å²) in [4.78, 5) is 46.1. The fourth-order valence-corrected chi connectivity index (χ4v) is 6.69. The highest BCUT2D eigenvalue weighted by Gasteiger charge is 2.33. The van der Waals surface area contributed by atoms with E-state index in [9.17, 15) is 28.1 Å². The fourth-order valence-electron chi connectivity index (χ4n) is 5.65. The van der Waals surface area contributed by atoms with E-state index in [-0.39, 0.29) is 17.7 Å². The van der Waals surface area contributed by atoms with Crippen LogP contribution in [0, 0.1) is 25.2 Å². The maximum atomic E-state index is 14.2. The van der Waals surface area contributed by atoms with Crippen LogP contribution in [0.1, 0.15) is 38.2 Å². The van der Waals surface area contributed by atoms with Gasteiger partial charge in [0.2, 0.25) is 5.91 Å². The number of likely N-dealkylation sites (N-methyl/N-ethyl adjacent to an activating group) is 1. The molecule has 0 radical (unpaired) electrons. The van der Waals surface area contributed by atoms with Gasteiger partial charge in [0, 0.05) is 42.6 Å². The van der Waals surface area contributed by atoms with E-state index in [1.54, 1.807) is 60.8 Å². The number of aromatic nitrogens is 1. The molecule has 0 aliphatic rings. The van der Waals surface area contributed by atoms with E-state index in [1.165, 1.54) is 24.1 Å². The second kappa shape index (κ2) is 14.4. The molecule has 4 aromatic carbocycles. The maximum Gasteiger partial charge on any atom is 0.264 e. The van der Waals surface area contributed by atoms with Crippen molar-refractivity contribution in [2.24, 2.45) is 0 Å². The SMILES string of the molecule is Cc1cc(C)cc(C(=O)N(C)[C@H](Cc2ccc(C#N)cc2)C(=O)N[C@@H](Cc2c[nH]c3ccccc23)C(=O)NS(=O)(=O)c2ccccc2)c1. The topological polar surface area (TPSA) is 152 Å². The molecule has 5 rings (SSSR count). The number of hydrogen-bond donors (Lipinski definition) is 3. The lowest BCUT2D eigenvalue weighted by Crippen LogP contribution is -2.56. The lowest BCUT2D eigenvalue weighted by atomic mass is 9.99. The van der Waals surface area contributed by atoms with E-state index in [0.717, 1.165) is 22.0 Å². The lowest BCUT2D eigenvalue weighted by molar-refractivity contribution is -0.130. The molecule has 0 fully saturated rings. The van der Waals surface area contributed by atoms with Crippen molar-refractivity contribution in [3.05, 3.63) is 137 Å². The van der Waals surface area contributed by atoms with Gasteiger partial charge >= 0.3 is 0 Å². The second-order valence-corrected chi connectivity index (χ2v) is 13.4. The van der Waals surface area contributed by atoms with Gasteiger partial charge in [0.25, 0.3) is 21.8 Å². The first-order valence-electron chi connectivity index (χ1n) is 15.3. The number of aryl methyl sites for hydroxylation is 2. The van der Waals surface area contributed by atoms with Crippen molar-refractivity contribution in [2.75, 3.05) is 7.05 Å². The van der Waals surface area contributed by atoms with E-state index in [0.29, 0.717) is 22.3 Å². The molecule has 10 nitrogen and oxygen atoms in total. The average Bonchev–Trinajstić information content (AvgIpc) is 3.48. The van der Waals surface area contributed by atoms with Gasteiger partial charge in [-0.05, 0) is 67.4 Å². The molecule has 0 aliphatic carbocycles. The molecule has 0 saturated heterocycles. The van der Waals surface area contributed by atoms with Gasteiger partial charge in [0.05, 0.1) is 16.5 Å². The first-order valence-corrected chi connectivity index (χ1v) is 16.7. The quantitative estimate of drug-likeness (QED) is 0.189. The predicted octanol–water partition coefficient (Wildman–Crippen LogP) is 4.57. The van der Waals surface area contributed by atoms with Gasteiger partial charge in [0.1, 0.15) is 12.1 Å². The summed E-state index contributed by atoms with van der Waals surface area (Å²) in [5.74, 6) is -1.99. The number of carbonyl (C=O) groups excluding carboxylic acids is 3. The first-order chi connectivity index (χ1) is 22.9. The summed E-state index contributed by atoms with van der Waals surface area (Å²) < 4.78 is 28.4. The van der Waals surface area contributed by atoms with Crippen LogP contribution < -0.4 is 10.0 Å². The number of H-pyrrole nitrogens is 1. The summed E-state index contributed by atoms with van der Waals surface area (Å²) in [6.07, 6.45) is 1.74. The Morgan fingerprint density at radius 2 is 1.50 bits per heavy atom. The number of nitrogens with zero attached hydrogens (tertiary/aromatic N) is 2. The summed E-state index contributed by atoms with van der Waals surface area (Å²) in [7, 11) is -2.74. The van der Waals surface area contributed by atoms with Gasteiger partial charge in [-0.1, -0.05) is 65.7 Å². The van der Waals surface area contributed by atoms with E-state index < -0.39 is 39.8 Å². The maximum absolute atomic E-state index is 14.2. The third-order valence-corrected chi connectivity index (χ3v) is 9.45. The Bertz CT molecular complexity index is 2100. The number of nitriles is 1. The van der Waals surface area contributed by atoms with Crippen molar-refractivity contribution < 1.29 is 22.8 Å². The zero-order valence-corrected chi connectivity index (χ0v) is 27.5. The molecule has 11 heteroatoms. The van der Waals surface area contributed by atoms with Crippen LogP contribution in [-0.4, -0.2) is 55.2 Å². The van der Waals surface area contributed by atoms with Crippen molar-refractivity contribution in [1.29, 1.82) is 5.26 Å². The summed E-state index contributed by atoms with van der Waals surface area (Å²) in [5.41, 5.74) is 4.78. The highest BCUT2D eigenvalue weighted by Crippen LogP contribution is 2.21. The summed E-state index contributed by atoms with van der Waals surface area (Å²) in [5, 5.41) is 12.8. The Balaban J connectivity index is 1.49. The number of benzene rings is 4. The Morgan fingerprint density at radius 1 is 0.854 bits per heavy atom. The van der Waals surface area contributed by atoms with E-state index in [4.69, 9.17) is 0 Å². The normalized spacial score (nSPS) is 12.5. The third kappa shape index (κ3) is 7.79. The number of para-hydroxylation sites is 1. The third-order valence-electron chi connectivity index (χ3n) is 8.09. The van der Waals surface area contributed by atoms with Crippen LogP contribution in [0.25, 0.3) is 10.9 Å². The average molecular weight is 662 g/mol. The van der Waals surface area contributed by atoms with Crippen LogP contribution in [0.4, 0.5) is 0 Å². The van der Waals surface area contributed by atoms with Crippen LogP contribution in [0.15, 0.2) is 108 Å². The van der Waals surface area contributed by atoms with Crippen molar-refractivity contribution in [3.63, 3.8) is 0 Å². The molecule has 48 heavy (non-hydrogen) atoms. The van der Waals surface area contributed by atoms with Gasteiger partial charge < -0.3 is 15.2 Å². The molecular weight excluding hydrogens is 627 g/mol. The molecule has 0 spiro atoms. The number of hydrogen-bond acceptors (Lipinski definition) is 6. The van der Waals surface area contributed by atoms with E-state index in [1.807, 2.05) is 44.2 Å². The molecule has 0 saturated carbocycles. The molecule has 0 aliphatic heterocycles. The van der Waals surface area contributed by atoms with Crippen LogP contribution in [-0.2, 0) is 32.5 Å². The standard InChI is InChI=1S/C37H35N5O5S/c1-24-17-25(2)19-28(18-24)37(45)42(3)34(20-26-13-15-27(22-38)16-14-26)36(44)40-33(21-29-23-39-32-12-8-7-11-31(29)32)35(43)41-48(46,47)30-9-5-4-6-10-30/h4-19,23,33-34,39H,20-21H2,1-3H3,(H,40,44)(H,41,43)/t33-,34+/m0/s1. The molecule has 1 heterocycles. The molecule has 244 valence electrons. The second-order valence-electron chi connectivity index (χ2n) is 11.7. The van der Waals surface area contributed by atoms with Crippen molar-refractivity contribution in [2.45, 2.75) is 43.7 Å². The Morgan fingerprint density at radius 3 is 2.17 bits per heavy atom. The zero-order chi connectivity index (χ0) is 34.4. The van der Waals surface area contributed by atoms with Crippen LogP contribution >= 0.6 is 0 Å². The first kappa shape index (κ1) is 33.6. The van der Waals surface area contributed by atoms with Gasteiger partial charge in [-0.15, -0.1) is 0 Å². The summed E-state index contributed by atoms with van der Waals surface area (Å²) in [6.45, 7) is 3.75.